The summed E-state index contributed by atoms with van der Waals surface area (Å²) >= 11 is 0. The number of hydrogen-bond donors (Lipinski definition) is 0. The van der Waals surface area contributed by atoms with Crippen LogP contribution in [0, 0.1) is 0 Å². The van der Waals surface area contributed by atoms with Crippen molar-refractivity contribution in [2.24, 2.45) is 0 Å². The second-order valence-electron chi connectivity index (χ2n) is 22.5. The van der Waals surface area contributed by atoms with Gasteiger partial charge in [0.1, 0.15) is 22.3 Å². The van der Waals surface area contributed by atoms with Crippen molar-refractivity contribution in [1.29, 1.82) is 0 Å². The highest BCUT2D eigenvalue weighted by Gasteiger charge is 2.21. The largest absolute Gasteiger partial charge is 0.455 e. The lowest BCUT2D eigenvalue weighted by Gasteiger charge is -2.29. The third kappa shape index (κ3) is 10.0. The van der Waals surface area contributed by atoms with E-state index in [1.54, 1.807) is 0 Å². The van der Waals surface area contributed by atoms with E-state index in [9.17, 15) is 0 Å². The lowest BCUT2D eigenvalue weighted by molar-refractivity contribution is 0.669. The van der Waals surface area contributed by atoms with E-state index in [1.165, 1.54) is 0 Å². The van der Waals surface area contributed by atoms with E-state index in [0.29, 0.717) is 0 Å². The number of para-hydroxylation sites is 8. The number of nitrogens with zero attached hydrogens (tertiary/aromatic N) is 4. The van der Waals surface area contributed by atoms with E-state index < -0.39 is 0 Å². The van der Waals surface area contributed by atoms with Gasteiger partial charge in [0, 0.05) is 101 Å². The van der Waals surface area contributed by atoms with Crippen molar-refractivity contribution < 1.29 is 8.83 Å². The summed E-state index contributed by atoms with van der Waals surface area (Å²) < 4.78 is 13.0. The standard InChI is InChI=1S/C84H58N4O2/c1-5-19-63(20-6-1)85(64-21-7-2-8-22-64)71-51-55-73(56-52-71)87(69-47-39-61(40-48-69)75-29-17-31-79-77-27-13-15-33-81(77)89-83(75)79)67-43-35-59(36-44-67)60-37-45-68(46-38-60)88(74-57-53-72(54-58-74)86(65-23-9-3-10-24-65)66-25-11-4-12-26-66)70-49-41-62(42-50-70)76-30-18-32-80-78-28-14-16-34-82(78)90-84(76)80/h1-58H. The maximum Gasteiger partial charge on any atom is 0.143 e. The highest BCUT2D eigenvalue weighted by atomic mass is 16.3. The van der Waals surface area contributed by atoms with Gasteiger partial charge in [-0.25, -0.2) is 0 Å². The minimum atomic E-state index is 0.888. The van der Waals surface area contributed by atoms with Gasteiger partial charge in [0.2, 0.25) is 0 Å². The second kappa shape index (κ2) is 23.3. The Labute approximate surface area is 522 Å². The van der Waals surface area contributed by atoms with Gasteiger partial charge in [0.15, 0.2) is 0 Å². The Morgan fingerprint density at radius 3 is 0.644 bits per heavy atom. The molecule has 2 aromatic heterocycles. The van der Waals surface area contributed by atoms with Crippen LogP contribution in [0.25, 0.3) is 77.3 Å². The summed E-state index contributed by atoms with van der Waals surface area (Å²) in [4.78, 5) is 9.26. The zero-order valence-corrected chi connectivity index (χ0v) is 49.1. The predicted octanol–water partition coefficient (Wildman–Crippen LogP) is 24.4. The first kappa shape index (κ1) is 53.4. The fourth-order valence-electron chi connectivity index (χ4n) is 12.7. The highest BCUT2D eigenvalue weighted by molar-refractivity contribution is 6.11. The molecule has 0 spiro atoms. The number of benzene rings is 14. The van der Waals surface area contributed by atoms with E-state index in [-0.39, 0.29) is 0 Å². The molecule has 90 heavy (non-hydrogen) atoms. The van der Waals surface area contributed by atoms with Crippen molar-refractivity contribution in [3.05, 3.63) is 352 Å². The summed E-state index contributed by atoms with van der Waals surface area (Å²) in [6.45, 7) is 0. The summed E-state index contributed by atoms with van der Waals surface area (Å²) in [7, 11) is 0. The second-order valence-corrected chi connectivity index (χ2v) is 22.5. The summed E-state index contributed by atoms with van der Waals surface area (Å²) in [5, 5.41) is 4.46. The van der Waals surface area contributed by atoms with Crippen LogP contribution in [0.1, 0.15) is 0 Å². The molecular weight excluding hydrogens is 1100 g/mol. The molecule has 0 aliphatic heterocycles. The van der Waals surface area contributed by atoms with Crippen LogP contribution in [-0.2, 0) is 0 Å². The Kier molecular flexibility index (Phi) is 13.8. The summed E-state index contributed by atoms with van der Waals surface area (Å²) in [6.07, 6.45) is 0. The van der Waals surface area contributed by atoms with Gasteiger partial charge in [-0.1, -0.05) is 194 Å². The fourth-order valence-corrected chi connectivity index (χ4v) is 12.7. The molecule has 0 amide bonds. The number of rotatable bonds is 15. The number of anilines is 12. The number of furan rings is 2. The molecule has 0 aliphatic carbocycles. The summed E-state index contributed by atoms with van der Waals surface area (Å²) in [5.41, 5.74) is 22.7. The molecule has 0 bridgehead atoms. The van der Waals surface area contributed by atoms with Crippen LogP contribution in [-0.4, -0.2) is 0 Å². The predicted molar refractivity (Wildman–Crippen MR) is 376 cm³/mol. The Hall–Kier alpha value is -12.1. The Bertz CT molecular complexity index is 4720. The molecule has 426 valence electrons. The molecule has 0 fully saturated rings. The number of fused-ring (bicyclic) bond motifs is 6. The van der Waals surface area contributed by atoms with Crippen LogP contribution in [0.2, 0.25) is 0 Å². The van der Waals surface area contributed by atoms with E-state index in [4.69, 9.17) is 8.83 Å². The van der Waals surface area contributed by atoms with Crippen LogP contribution in [0.3, 0.4) is 0 Å². The maximum atomic E-state index is 6.51. The van der Waals surface area contributed by atoms with Crippen molar-refractivity contribution in [2.45, 2.75) is 0 Å². The monoisotopic (exact) mass is 1150 g/mol. The lowest BCUT2D eigenvalue weighted by Crippen LogP contribution is -2.12. The van der Waals surface area contributed by atoms with Crippen molar-refractivity contribution in [2.75, 3.05) is 19.6 Å². The highest BCUT2D eigenvalue weighted by Crippen LogP contribution is 2.45. The topological polar surface area (TPSA) is 39.2 Å². The molecule has 6 nitrogen and oxygen atoms in total. The lowest BCUT2D eigenvalue weighted by atomic mass is 10.0. The molecule has 0 radical (unpaired) electrons. The molecule has 0 atom stereocenters. The molecule has 0 N–H and O–H groups in total. The van der Waals surface area contributed by atoms with Gasteiger partial charge in [-0.15, -0.1) is 0 Å². The fraction of sp³-hybridized carbons (Fsp3) is 0. The maximum absolute atomic E-state index is 6.51. The molecular formula is C84H58N4O2. The molecule has 0 saturated carbocycles. The van der Waals surface area contributed by atoms with Gasteiger partial charge >= 0.3 is 0 Å². The molecule has 14 aromatic carbocycles. The third-order valence-corrected chi connectivity index (χ3v) is 17.1. The smallest absolute Gasteiger partial charge is 0.143 e. The minimum Gasteiger partial charge on any atom is -0.455 e. The average Bonchev–Trinajstić information content (AvgIpc) is 1.78. The zero-order valence-electron chi connectivity index (χ0n) is 49.1. The Morgan fingerprint density at radius 2 is 0.367 bits per heavy atom. The first-order valence-corrected chi connectivity index (χ1v) is 30.5. The van der Waals surface area contributed by atoms with Crippen molar-refractivity contribution in [3.8, 4) is 33.4 Å². The first-order valence-electron chi connectivity index (χ1n) is 30.5. The van der Waals surface area contributed by atoms with Gasteiger partial charge in [-0.3, -0.25) is 0 Å². The SMILES string of the molecule is c1ccc(N(c2ccccc2)c2ccc(N(c3ccc(-c4ccc(N(c5ccc(-c6cccc7c6oc6ccccc67)cc5)c5ccc(N(c6ccccc6)c6ccccc6)cc5)cc4)cc3)c3ccc(-c4cccc5c4oc4ccccc45)cc3)cc2)cc1. The minimum absolute atomic E-state index is 0.888. The quantitative estimate of drug-likeness (QED) is 0.102. The normalized spacial score (nSPS) is 11.3. The summed E-state index contributed by atoms with van der Waals surface area (Å²) in [6, 6.07) is 125. The Balaban J connectivity index is 0.746. The van der Waals surface area contributed by atoms with Crippen LogP contribution in [0.15, 0.2) is 361 Å². The average molecular weight is 1160 g/mol. The molecule has 2 heterocycles. The van der Waals surface area contributed by atoms with Gasteiger partial charge < -0.3 is 28.4 Å². The van der Waals surface area contributed by atoms with Gasteiger partial charge in [-0.2, -0.15) is 0 Å². The van der Waals surface area contributed by atoms with E-state index in [1.807, 2.05) is 24.3 Å². The van der Waals surface area contributed by atoms with Crippen molar-refractivity contribution in [3.63, 3.8) is 0 Å². The zero-order chi connectivity index (χ0) is 59.7. The van der Waals surface area contributed by atoms with Gasteiger partial charge in [0.05, 0.1) is 0 Å². The van der Waals surface area contributed by atoms with Crippen LogP contribution in [0.4, 0.5) is 68.2 Å². The number of hydrogen-bond acceptors (Lipinski definition) is 6. The van der Waals surface area contributed by atoms with Crippen LogP contribution < -0.4 is 19.6 Å². The summed E-state index contributed by atoms with van der Waals surface area (Å²) in [5.74, 6) is 0. The van der Waals surface area contributed by atoms with Gasteiger partial charge in [-0.05, 0) is 180 Å². The third-order valence-electron chi connectivity index (χ3n) is 17.1. The molecule has 0 aliphatic rings. The van der Waals surface area contributed by atoms with Crippen LogP contribution >= 0.6 is 0 Å². The van der Waals surface area contributed by atoms with E-state index in [2.05, 4.69) is 347 Å². The van der Waals surface area contributed by atoms with Crippen LogP contribution in [0.5, 0.6) is 0 Å². The van der Waals surface area contributed by atoms with Crippen molar-refractivity contribution in [1.82, 2.24) is 0 Å². The molecule has 16 aromatic rings. The first-order chi connectivity index (χ1) is 44.6. The van der Waals surface area contributed by atoms with E-state index >= 15 is 0 Å². The molecule has 0 unspecified atom stereocenters. The van der Waals surface area contributed by atoms with Gasteiger partial charge in [0.25, 0.3) is 0 Å². The molecule has 0 saturated heterocycles. The molecule has 6 heteroatoms. The Morgan fingerprint density at radius 1 is 0.156 bits per heavy atom. The van der Waals surface area contributed by atoms with E-state index in [0.717, 1.165) is 146 Å². The van der Waals surface area contributed by atoms with Crippen molar-refractivity contribution >= 4 is 112 Å². The molecule has 16 rings (SSSR count).